The summed E-state index contributed by atoms with van der Waals surface area (Å²) >= 11 is 0. The Labute approximate surface area is 140 Å². The van der Waals surface area contributed by atoms with Gasteiger partial charge in [0.1, 0.15) is 4.90 Å². The molecule has 0 radical (unpaired) electrons. The summed E-state index contributed by atoms with van der Waals surface area (Å²) in [5.41, 5.74) is 0.520. The first-order valence-corrected chi connectivity index (χ1v) is 9.59. The number of anilines is 1. The van der Waals surface area contributed by atoms with Crippen molar-refractivity contribution >= 4 is 27.4 Å². The Balaban J connectivity index is 1.74. The minimum Gasteiger partial charge on any atom is -0.359 e. The number of nitrogens with zero attached hydrogens (tertiary/aromatic N) is 1. The van der Waals surface area contributed by atoms with Crippen LogP contribution in [0.1, 0.15) is 36.0 Å². The molecule has 1 amide bonds. The van der Waals surface area contributed by atoms with E-state index in [1.54, 1.807) is 17.0 Å². The molecule has 2 aliphatic carbocycles. The summed E-state index contributed by atoms with van der Waals surface area (Å²) in [4.78, 5) is 25.8. The molecule has 0 bridgehead atoms. The van der Waals surface area contributed by atoms with Gasteiger partial charge in [-0.3, -0.25) is 9.59 Å². The number of ketones is 1. The van der Waals surface area contributed by atoms with Gasteiger partial charge in [-0.25, -0.2) is 13.6 Å². The monoisotopic (exact) mass is 349 g/mol. The van der Waals surface area contributed by atoms with Crippen molar-refractivity contribution in [3.05, 3.63) is 23.8 Å². The van der Waals surface area contributed by atoms with Gasteiger partial charge in [-0.15, -0.1) is 0 Å². The number of benzene rings is 1. The van der Waals surface area contributed by atoms with Crippen molar-refractivity contribution < 1.29 is 18.0 Å². The number of primary sulfonamides is 1. The van der Waals surface area contributed by atoms with E-state index in [1.807, 2.05) is 0 Å². The normalized spacial score (nSPS) is 22.4. The van der Waals surface area contributed by atoms with Crippen molar-refractivity contribution in [1.82, 2.24) is 5.32 Å². The summed E-state index contributed by atoms with van der Waals surface area (Å²) in [5.74, 6) is -0.168. The van der Waals surface area contributed by atoms with Gasteiger partial charge in [-0.2, -0.15) is 0 Å². The highest BCUT2D eigenvalue weighted by atomic mass is 32.2. The molecule has 2 saturated carbocycles. The number of sulfonamides is 1. The van der Waals surface area contributed by atoms with E-state index in [0.29, 0.717) is 17.8 Å². The Morgan fingerprint density at radius 3 is 2.58 bits per heavy atom. The Bertz CT molecular complexity index is 841. The molecule has 1 spiro atoms. The molecule has 1 aliphatic heterocycles. The number of rotatable bonds is 4. The fraction of sp³-hybridized carbons (Fsp3) is 0.500. The fourth-order valence-electron chi connectivity index (χ4n) is 3.31. The van der Waals surface area contributed by atoms with Crippen LogP contribution in [0, 0.1) is 5.92 Å². The molecule has 0 atom stereocenters. The summed E-state index contributed by atoms with van der Waals surface area (Å²) < 4.78 is 24.1. The summed E-state index contributed by atoms with van der Waals surface area (Å²) in [5, 5.41) is 8.34. The van der Waals surface area contributed by atoms with Crippen molar-refractivity contribution in [3.8, 4) is 0 Å². The molecule has 1 aromatic carbocycles. The second kappa shape index (κ2) is 5.03. The maximum absolute atomic E-state index is 12.2. The predicted octanol–water partition coefficient (Wildman–Crippen LogP) is 0.396. The van der Waals surface area contributed by atoms with Gasteiger partial charge in [-0.1, -0.05) is 0 Å². The van der Waals surface area contributed by atoms with E-state index in [2.05, 4.69) is 5.32 Å². The zero-order valence-electron chi connectivity index (χ0n) is 13.1. The number of nitrogens with one attached hydrogen (secondary N) is 1. The maximum atomic E-state index is 12.2. The molecule has 0 aromatic heterocycles. The summed E-state index contributed by atoms with van der Waals surface area (Å²) in [6.45, 7) is 0.636. The molecular formula is C16H19N3O4S. The third-order valence-electron chi connectivity index (χ3n) is 4.93. The van der Waals surface area contributed by atoms with Crippen LogP contribution < -0.4 is 15.4 Å². The number of amides is 1. The Morgan fingerprint density at radius 2 is 2.00 bits per heavy atom. The summed E-state index contributed by atoms with van der Waals surface area (Å²) in [6, 6.07) is 4.60. The molecule has 128 valence electrons. The maximum Gasteiger partial charge on any atom is 0.240 e. The van der Waals surface area contributed by atoms with Crippen LogP contribution >= 0.6 is 0 Å². The van der Waals surface area contributed by atoms with Gasteiger partial charge in [0.15, 0.2) is 5.78 Å². The van der Waals surface area contributed by atoms with Crippen LogP contribution in [0.15, 0.2) is 23.1 Å². The van der Waals surface area contributed by atoms with Gasteiger partial charge in [0.2, 0.25) is 15.9 Å². The van der Waals surface area contributed by atoms with Crippen LogP contribution in [0.5, 0.6) is 0 Å². The highest BCUT2D eigenvalue weighted by molar-refractivity contribution is 7.89. The third-order valence-corrected chi connectivity index (χ3v) is 5.87. The lowest BCUT2D eigenvalue weighted by atomic mass is 10.1. The van der Waals surface area contributed by atoms with E-state index >= 15 is 0 Å². The highest BCUT2D eigenvalue weighted by Gasteiger charge is 2.48. The Morgan fingerprint density at radius 1 is 1.29 bits per heavy atom. The zero-order valence-corrected chi connectivity index (χ0v) is 13.9. The number of carbonyl (C=O) groups excluding carboxylic acids is 2. The minimum atomic E-state index is -4.00. The fourth-order valence-corrected chi connectivity index (χ4v) is 4.09. The number of nitrogens with two attached hydrogens (primary N) is 1. The highest BCUT2D eigenvalue weighted by Crippen LogP contribution is 2.40. The molecule has 24 heavy (non-hydrogen) atoms. The lowest BCUT2D eigenvalue weighted by Crippen LogP contribution is -2.56. The molecule has 7 nitrogen and oxygen atoms in total. The second-order valence-electron chi connectivity index (χ2n) is 7.05. The predicted molar refractivity (Wildman–Crippen MR) is 87.2 cm³/mol. The van der Waals surface area contributed by atoms with Gasteiger partial charge in [0.05, 0.1) is 17.8 Å². The molecule has 0 unspecified atom stereocenters. The minimum absolute atomic E-state index is 0.000300. The molecule has 1 heterocycles. The average molecular weight is 349 g/mol. The van der Waals surface area contributed by atoms with Crippen molar-refractivity contribution in [3.63, 3.8) is 0 Å². The van der Waals surface area contributed by atoms with Crippen LogP contribution in [0.2, 0.25) is 0 Å². The molecule has 4 rings (SSSR count). The van der Waals surface area contributed by atoms with Crippen molar-refractivity contribution in [2.45, 2.75) is 36.1 Å². The lowest BCUT2D eigenvalue weighted by Gasteiger charge is -2.35. The first-order chi connectivity index (χ1) is 11.3. The van der Waals surface area contributed by atoms with E-state index in [9.17, 15) is 18.0 Å². The van der Waals surface area contributed by atoms with Crippen molar-refractivity contribution in [2.24, 2.45) is 11.1 Å². The van der Waals surface area contributed by atoms with Crippen LogP contribution in [0.4, 0.5) is 5.69 Å². The molecular weight excluding hydrogens is 330 g/mol. The van der Waals surface area contributed by atoms with Gasteiger partial charge < -0.3 is 10.2 Å². The van der Waals surface area contributed by atoms with Crippen molar-refractivity contribution in [1.29, 1.82) is 0 Å². The molecule has 3 aliphatic rings. The Kier molecular flexibility index (Phi) is 3.27. The van der Waals surface area contributed by atoms with E-state index in [1.165, 1.54) is 6.07 Å². The molecule has 1 saturated heterocycles. The van der Waals surface area contributed by atoms with Gasteiger partial charge in [0.25, 0.3) is 0 Å². The molecule has 3 N–H and O–H groups in total. The number of hydrogen-bond acceptors (Lipinski definition) is 5. The quantitative estimate of drug-likeness (QED) is 0.765. The SMILES string of the molecule is NS(=O)(=O)c1cc(C(=O)C2CC2)ccc1N1CC(=O)NC2(CC2)C1. The molecule has 1 aromatic rings. The first-order valence-electron chi connectivity index (χ1n) is 8.04. The standard InChI is InChI=1S/C16H19N3O4S/c17-24(22,23)13-7-11(15(21)10-1-2-10)3-4-12(13)19-8-14(20)18-16(9-19)5-6-16/h3-4,7,10H,1-2,5-6,8-9H2,(H,18,20)(H2,17,22,23). The lowest BCUT2D eigenvalue weighted by molar-refractivity contribution is -0.121. The van der Waals surface area contributed by atoms with Crippen LogP contribution in [-0.2, 0) is 14.8 Å². The third kappa shape index (κ3) is 2.80. The number of Topliss-reactive ketones (excluding diaryl/α,β-unsaturated/α-hetero) is 1. The van der Waals surface area contributed by atoms with E-state index in [4.69, 9.17) is 5.14 Å². The van der Waals surface area contributed by atoms with Gasteiger partial charge in [0, 0.05) is 18.0 Å². The number of hydrogen-bond donors (Lipinski definition) is 2. The largest absolute Gasteiger partial charge is 0.359 e. The van der Waals surface area contributed by atoms with E-state index in [0.717, 1.165) is 25.7 Å². The topological polar surface area (TPSA) is 110 Å². The number of carbonyl (C=O) groups is 2. The van der Waals surface area contributed by atoms with E-state index < -0.39 is 10.0 Å². The van der Waals surface area contributed by atoms with Crippen LogP contribution in [0.25, 0.3) is 0 Å². The van der Waals surface area contributed by atoms with Gasteiger partial charge in [-0.05, 0) is 43.9 Å². The molecule has 3 fully saturated rings. The summed E-state index contributed by atoms with van der Waals surface area (Å²) in [6.07, 6.45) is 3.47. The average Bonchev–Trinajstić information content (AvgIpc) is 3.41. The second-order valence-corrected chi connectivity index (χ2v) is 8.58. The zero-order chi connectivity index (χ0) is 17.1. The Hall–Kier alpha value is -1.93. The van der Waals surface area contributed by atoms with Crippen LogP contribution in [0.3, 0.4) is 0 Å². The number of piperazine rings is 1. The molecule has 8 heteroatoms. The summed E-state index contributed by atoms with van der Waals surface area (Å²) in [7, 11) is -4.00. The van der Waals surface area contributed by atoms with Gasteiger partial charge >= 0.3 is 0 Å². The van der Waals surface area contributed by atoms with Crippen LogP contribution in [-0.4, -0.2) is 38.7 Å². The van der Waals surface area contributed by atoms with Crippen molar-refractivity contribution in [2.75, 3.05) is 18.0 Å². The van der Waals surface area contributed by atoms with E-state index in [-0.39, 0.29) is 34.6 Å². The first kappa shape index (κ1) is 15.6. The smallest absolute Gasteiger partial charge is 0.240 e.